The van der Waals surface area contributed by atoms with Gasteiger partial charge >= 0.3 is 0 Å². The summed E-state index contributed by atoms with van der Waals surface area (Å²) >= 11 is 11.9. The quantitative estimate of drug-likeness (QED) is 0.783. The average Bonchev–Trinajstić information content (AvgIpc) is 2.20. The number of rotatable bonds is 4. The van der Waals surface area contributed by atoms with Gasteiger partial charge in [0, 0.05) is 21.9 Å². The Morgan fingerprint density at radius 2 is 1.88 bits per heavy atom. The van der Waals surface area contributed by atoms with Crippen LogP contribution in [0.3, 0.4) is 0 Å². The molecule has 0 saturated heterocycles. The van der Waals surface area contributed by atoms with Gasteiger partial charge in [0.1, 0.15) is 5.78 Å². The standard InChI is InChI=1S/C13H16Cl2O/c1-8(2)13(16)9(3)6-10-4-5-11(14)7-12(10)15/h4-5,7-9H,6H2,1-3H3. The molecule has 0 spiro atoms. The minimum atomic E-state index is -0.00123. The fourth-order valence-electron chi connectivity index (χ4n) is 1.69. The second kappa shape index (κ2) is 5.70. The molecule has 1 aromatic rings. The van der Waals surface area contributed by atoms with Gasteiger partial charge in [-0.1, -0.05) is 50.0 Å². The Hall–Kier alpha value is -0.530. The van der Waals surface area contributed by atoms with E-state index in [2.05, 4.69) is 0 Å². The van der Waals surface area contributed by atoms with E-state index in [1.54, 1.807) is 12.1 Å². The highest BCUT2D eigenvalue weighted by molar-refractivity contribution is 6.35. The summed E-state index contributed by atoms with van der Waals surface area (Å²) in [5.41, 5.74) is 0.979. The van der Waals surface area contributed by atoms with Gasteiger partial charge in [0.05, 0.1) is 0 Å². The fourth-order valence-corrected chi connectivity index (χ4v) is 2.17. The molecule has 1 unspecified atom stereocenters. The van der Waals surface area contributed by atoms with Crippen LogP contribution in [0, 0.1) is 11.8 Å². The smallest absolute Gasteiger partial charge is 0.138 e. The van der Waals surface area contributed by atoms with E-state index in [9.17, 15) is 4.79 Å². The number of Topliss-reactive ketones (excluding diaryl/α,β-unsaturated/α-hetero) is 1. The molecular formula is C13H16Cl2O. The molecule has 0 aliphatic rings. The normalized spacial score (nSPS) is 12.9. The van der Waals surface area contributed by atoms with Gasteiger partial charge in [0.15, 0.2) is 0 Å². The minimum absolute atomic E-state index is 0.00123. The van der Waals surface area contributed by atoms with Crippen LogP contribution >= 0.6 is 23.2 Å². The maximum atomic E-state index is 11.8. The number of hydrogen-bond acceptors (Lipinski definition) is 1. The Balaban J connectivity index is 2.77. The number of carbonyl (C=O) groups is 1. The molecule has 0 aliphatic heterocycles. The SMILES string of the molecule is CC(C)C(=O)C(C)Cc1ccc(Cl)cc1Cl. The third kappa shape index (κ3) is 3.50. The lowest BCUT2D eigenvalue weighted by Gasteiger charge is -2.13. The summed E-state index contributed by atoms with van der Waals surface area (Å²) in [6.45, 7) is 5.78. The van der Waals surface area contributed by atoms with E-state index < -0.39 is 0 Å². The van der Waals surface area contributed by atoms with Crippen LogP contribution in [0.4, 0.5) is 0 Å². The van der Waals surface area contributed by atoms with E-state index in [0.717, 1.165) is 5.56 Å². The first-order valence-corrected chi connectivity index (χ1v) is 6.15. The van der Waals surface area contributed by atoms with E-state index in [1.165, 1.54) is 0 Å². The van der Waals surface area contributed by atoms with Crippen molar-refractivity contribution in [2.45, 2.75) is 27.2 Å². The molecule has 1 rings (SSSR count). The molecule has 0 aromatic heterocycles. The van der Waals surface area contributed by atoms with E-state index in [4.69, 9.17) is 23.2 Å². The highest BCUT2D eigenvalue weighted by Crippen LogP contribution is 2.24. The highest BCUT2D eigenvalue weighted by atomic mass is 35.5. The van der Waals surface area contributed by atoms with Crippen molar-refractivity contribution in [1.82, 2.24) is 0 Å². The van der Waals surface area contributed by atoms with Crippen LogP contribution in [0.5, 0.6) is 0 Å². The zero-order chi connectivity index (χ0) is 12.3. The Kier molecular flexibility index (Phi) is 4.82. The number of hydrogen-bond donors (Lipinski definition) is 0. The van der Waals surface area contributed by atoms with Crippen molar-refractivity contribution in [3.8, 4) is 0 Å². The summed E-state index contributed by atoms with van der Waals surface area (Å²) in [5.74, 6) is 0.339. The van der Waals surface area contributed by atoms with Crippen molar-refractivity contribution in [3.63, 3.8) is 0 Å². The molecule has 16 heavy (non-hydrogen) atoms. The maximum absolute atomic E-state index is 11.8. The van der Waals surface area contributed by atoms with Crippen LogP contribution in [-0.2, 0) is 11.2 Å². The molecule has 3 heteroatoms. The molecule has 0 aliphatic carbocycles. The topological polar surface area (TPSA) is 17.1 Å². The molecule has 0 amide bonds. The second-order valence-electron chi connectivity index (χ2n) is 4.40. The number of carbonyl (C=O) groups excluding carboxylic acids is 1. The van der Waals surface area contributed by atoms with Gasteiger partial charge in [-0.15, -0.1) is 0 Å². The van der Waals surface area contributed by atoms with E-state index >= 15 is 0 Å². The summed E-state index contributed by atoms with van der Waals surface area (Å²) in [5, 5.41) is 1.26. The zero-order valence-electron chi connectivity index (χ0n) is 9.76. The first-order chi connectivity index (χ1) is 7.41. The van der Waals surface area contributed by atoms with Crippen molar-refractivity contribution >= 4 is 29.0 Å². The lowest BCUT2D eigenvalue weighted by molar-refractivity contribution is -0.125. The van der Waals surface area contributed by atoms with Gasteiger partial charge in [-0.25, -0.2) is 0 Å². The Morgan fingerprint density at radius 1 is 1.25 bits per heavy atom. The van der Waals surface area contributed by atoms with Crippen molar-refractivity contribution in [1.29, 1.82) is 0 Å². The van der Waals surface area contributed by atoms with Gasteiger partial charge < -0.3 is 0 Å². The Morgan fingerprint density at radius 3 is 2.38 bits per heavy atom. The van der Waals surface area contributed by atoms with E-state index in [1.807, 2.05) is 26.8 Å². The molecule has 0 heterocycles. The molecule has 0 saturated carbocycles. The largest absolute Gasteiger partial charge is 0.299 e. The summed E-state index contributed by atoms with van der Waals surface area (Å²) in [6, 6.07) is 5.40. The van der Waals surface area contributed by atoms with Crippen LogP contribution in [-0.4, -0.2) is 5.78 Å². The van der Waals surface area contributed by atoms with Crippen LogP contribution < -0.4 is 0 Å². The monoisotopic (exact) mass is 258 g/mol. The highest BCUT2D eigenvalue weighted by Gasteiger charge is 2.17. The van der Waals surface area contributed by atoms with Crippen molar-refractivity contribution < 1.29 is 4.79 Å². The van der Waals surface area contributed by atoms with Crippen molar-refractivity contribution in [3.05, 3.63) is 33.8 Å². The molecule has 0 bridgehead atoms. The van der Waals surface area contributed by atoms with Crippen LogP contribution in [0.25, 0.3) is 0 Å². The molecule has 88 valence electrons. The predicted molar refractivity (Wildman–Crippen MR) is 69.2 cm³/mol. The van der Waals surface area contributed by atoms with Crippen molar-refractivity contribution in [2.75, 3.05) is 0 Å². The average molecular weight is 259 g/mol. The van der Waals surface area contributed by atoms with Gasteiger partial charge in [-0.05, 0) is 24.1 Å². The summed E-state index contributed by atoms with van der Waals surface area (Å²) in [6.07, 6.45) is 0.674. The summed E-state index contributed by atoms with van der Waals surface area (Å²) in [4.78, 5) is 11.8. The molecular weight excluding hydrogens is 243 g/mol. The fraction of sp³-hybridized carbons (Fsp3) is 0.462. The van der Waals surface area contributed by atoms with Crippen molar-refractivity contribution in [2.24, 2.45) is 11.8 Å². The predicted octanol–water partition coefficient (Wildman–Crippen LogP) is 4.40. The first-order valence-electron chi connectivity index (χ1n) is 5.39. The maximum Gasteiger partial charge on any atom is 0.138 e. The third-order valence-electron chi connectivity index (χ3n) is 2.60. The van der Waals surface area contributed by atoms with Gasteiger partial charge in [0.2, 0.25) is 0 Å². The first kappa shape index (κ1) is 13.5. The lowest BCUT2D eigenvalue weighted by Crippen LogP contribution is -2.19. The minimum Gasteiger partial charge on any atom is -0.299 e. The van der Waals surface area contributed by atoms with Crippen LogP contribution in [0.15, 0.2) is 18.2 Å². The summed E-state index contributed by atoms with van der Waals surface area (Å²) in [7, 11) is 0. The van der Waals surface area contributed by atoms with E-state index in [-0.39, 0.29) is 17.6 Å². The zero-order valence-corrected chi connectivity index (χ0v) is 11.3. The van der Waals surface area contributed by atoms with Crippen LogP contribution in [0.2, 0.25) is 10.0 Å². The Labute approximate surface area is 107 Å². The lowest BCUT2D eigenvalue weighted by atomic mass is 9.91. The van der Waals surface area contributed by atoms with Crippen LogP contribution in [0.1, 0.15) is 26.3 Å². The molecule has 0 N–H and O–H groups in total. The Bertz CT molecular complexity index is 386. The van der Waals surface area contributed by atoms with Gasteiger partial charge in [-0.2, -0.15) is 0 Å². The molecule has 1 aromatic carbocycles. The number of ketones is 1. The van der Waals surface area contributed by atoms with E-state index in [0.29, 0.717) is 16.5 Å². The molecule has 0 fully saturated rings. The molecule has 0 radical (unpaired) electrons. The molecule has 1 nitrogen and oxygen atoms in total. The molecule has 1 atom stereocenters. The number of benzene rings is 1. The second-order valence-corrected chi connectivity index (χ2v) is 5.24. The number of halogens is 2. The van der Waals surface area contributed by atoms with Gasteiger partial charge in [0.25, 0.3) is 0 Å². The van der Waals surface area contributed by atoms with Gasteiger partial charge in [-0.3, -0.25) is 4.79 Å². The summed E-state index contributed by atoms with van der Waals surface area (Å²) < 4.78 is 0. The third-order valence-corrected chi connectivity index (χ3v) is 3.18.